The summed E-state index contributed by atoms with van der Waals surface area (Å²) in [7, 11) is 0. The van der Waals surface area contributed by atoms with Crippen molar-refractivity contribution in [3.8, 4) is 0 Å². The molecule has 9 heteroatoms. The Balaban J connectivity index is 1.61. The summed E-state index contributed by atoms with van der Waals surface area (Å²) in [6.07, 6.45) is 0.695. The van der Waals surface area contributed by atoms with Gasteiger partial charge in [-0.1, -0.05) is 32.9 Å². The number of benzene rings is 1. The van der Waals surface area contributed by atoms with Crippen molar-refractivity contribution in [2.45, 2.75) is 58.6 Å². The first-order valence-electron chi connectivity index (χ1n) is 10.3. The SMILES string of the molecule is CC1CC(C)(C)CC2(C1)NC(=O)N(CC(=O)OC(C)C(=O)Nc1ccccc1F)C2=O. The number of carbonyl (C=O) groups excluding carboxylic acids is 4. The molecule has 1 spiro atoms. The van der Waals surface area contributed by atoms with Gasteiger partial charge in [-0.2, -0.15) is 0 Å². The predicted molar refractivity (Wildman–Crippen MR) is 110 cm³/mol. The maximum Gasteiger partial charge on any atom is 0.327 e. The topological polar surface area (TPSA) is 105 Å². The zero-order valence-corrected chi connectivity index (χ0v) is 18.2. The van der Waals surface area contributed by atoms with E-state index >= 15 is 0 Å². The maximum atomic E-state index is 13.7. The smallest absolute Gasteiger partial charge is 0.327 e. The molecule has 0 radical (unpaired) electrons. The van der Waals surface area contributed by atoms with Crippen LogP contribution < -0.4 is 10.6 Å². The second-order valence-corrected chi connectivity index (χ2v) is 9.36. The Labute approximate surface area is 180 Å². The fraction of sp³-hybridized carbons (Fsp3) is 0.545. The van der Waals surface area contributed by atoms with Gasteiger partial charge in [0, 0.05) is 0 Å². The molecule has 8 nitrogen and oxygen atoms in total. The Kier molecular flexibility index (Phi) is 6.07. The van der Waals surface area contributed by atoms with E-state index in [2.05, 4.69) is 24.5 Å². The highest BCUT2D eigenvalue weighted by Gasteiger charge is 2.56. The Morgan fingerprint density at radius 2 is 1.97 bits per heavy atom. The molecule has 3 unspecified atom stereocenters. The number of ether oxygens (including phenoxy) is 1. The minimum atomic E-state index is -1.24. The van der Waals surface area contributed by atoms with Crippen LogP contribution in [0.3, 0.4) is 0 Å². The Hall–Kier alpha value is -2.97. The molecule has 1 saturated heterocycles. The van der Waals surface area contributed by atoms with Crippen LogP contribution in [0, 0.1) is 17.2 Å². The Morgan fingerprint density at radius 1 is 1.29 bits per heavy atom. The van der Waals surface area contributed by atoms with E-state index < -0.39 is 47.8 Å². The summed E-state index contributed by atoms with van der Waals surface area (Å²) in [6.45, 7) is 6.87. The Bertz CT molecular complexity index is 918. The van der Waals surface area contributed by atoms with Crippen LogP contribution in [0.2, 0.25) is 0 Å². The third kappa shape index (κ3) is 4.86. The largest absolute Gasteiger partial charge is 0.451 e. The number of hydrogen-bond donors (Lipinski definition) is 2. The fourth-order valence-corrected chi connectivity index (χ4v) is 4.86. The molecule has 0 bridgehead atoms. The first-order chi connectivity index (χ1) is 14.4. The van der Waals surface area contributed by atoms with Crippen LogP contribution in [0.15, 0.2) is 24.3 Å². The predicted octanol–water partition coefficient (Wildman–Crippen LogP) is 2.83. The summed E-state index contributed by atoms with van der Waals surface area (Å²) in [4.78, 5) is 50.9. The lowest BCUT2D eigenvalue weighted by Gasteiger charge is -2.43. The van der Waals surface area contributed by atoms with Gasteiger partial charge in [0.1, 0.15) is 17.9 Å². The summed E-state index contributed by atoms with van der Waals surface area (Å²) in [5.74, 6) is -2.46. The van der Waals surface area contributed by atoms with Crippen molar-refractivity contribution in [3.05, 3.63) is 30.1 Å². The monoisotopic (exact) mass is 433 g/mol. The van der Waals surface area contributed by atoms with E-state index in [9.17, 15) is 23.6 Å². The summed E-state index contributed by atoms with van der Waals surface area (Å²) in [6, 6.07) is 4.95. The minimum Gasteiger partial charge on any atom is -0.451 e. The molecule has 2 aliphatic rings. The lowest BCUT2D eigenvalue weighted by molar-refractivity contribution is -0.155. The molecule has 168 valence electrons. The standard InChI is InChI=1S/C22H28FN3O5/c1-13-9-21(3,4)12-22(10-13)19(29)26(20(30)25-22)11-17(27)31-14(2)18(28)24-16-8-6-5-7-15(16)23/h5-8,13-14H,9-12H2,1-4H3,(H,24,28)(H,25,30). The van der Waals surface area contributed by atoms with Crippen LogP contribution in [-0.2, 0) is 19.1 Å². The van der Waals surface area contributed by atoms with E-state index in [1.54, 1.807) is 6.07 Å². The first-order valence-corrected chi connectivity index (χ1v) is 10.3. The number of anilines is 1. The van der Waals surface area contributed by atoms with E-state index in [0.717, 1.165) is 11.3 Å². The molecule has 1 heterocycles. The van der Waals surface area contributed by atoms with Crippen LogP contribution in [0.5, 0.6) is 0 Å². The number of rotatable bonds is 5. The number of amides is 4. The highest BCUT2D eigenvalue weighted by Crippen LogP contribution is 2.46. The van der Waals surface area contributed by atoms with Gasteiger partial charge in [0.25, 0.3) is 11.8 Å². The number of nitrogens with one attached hydrogen (secondary N) is 2. The van der Waals surface area contributed by atoms with Crippen molar-refractivity contribution < 1.29 is 28.3 Å². The van der Waals surface area contributed by atoms with E-state index in [-0.39, 0.29) is 17.0 Å². The summed E-state index contributed by atoms with van der Waals surface area (Å²) < 4.78 is 18.8. The summed E-state index contributed by atoms with van der Waals surface area (Å²) in [5, 5.41) is 5.12. The molecule has 2 fully saturated rings. The number of para-hydroxylation sites is 1. The summed E-state index contributed by atoms with van der Waals surface area (Å²) >= 11 is 0. The van der Waals surface area contributed by atoms with Gasteiger partial charge in [-0.05, 0) is 49.7 Å². The van der Waals surface area contributed by atoms with Crippen LogP contribution in [-0.4, -0.2) is 46.9 Å². The van der Waals surface area contributed by atoms with E-state index in [0.29, 0.717) is 12.8 Å². The molecule has 31 heavy (non-hydrogen) atoms. The molecule has 2 N–H and O–H groups in total. The van der Waals surface area contributed by atoms with Gasteiger partial charge in [0.2, 0.25) is 0 Å². The van der Waals surface area contributed by atoms with Crippen LogP contribution in [0.25, 0.3) is 0 Å². The molecular formula is C22H28FN3O5. The van der Waals surface area contributed by atoms with Gasteiger partial charge in [-0.3, -0.25) is 19.3 Å². The molecule has 3 rings (SSSR count). The molecule has 1 aromatic rings. The van der Waals surface area contributed by atoms with E-state index in [1.807, 2.05) is 6.92 Å². The zero-order valence-electron chi connectivity index (χ0n) is 18.2. The summed E-state index contributed by atoms with van der Waals surface area (Å²) in [5.41, 5.74) is -1.19. The van der Waals surface area contributed by atoms with Crippen LogP contribution >= 0.6 is 0 Å². The normalized spacial score (nSPS) is 25.8. The average Bonchev–Trinajstić information content (AvgIpc) is 2.85. The van der Waals surface area contributed by atoms with Gasteiger partial charge < -0.3 is 15.4 Å². The molecule has 1 aliphatic heterocycles. The second kappa shape index (κ2) is 8.28. The highest BCUT2D eigenvalue weighted by molar-refractivity contribution is 6.09. The van der Waals surface area contributed by atoms with Crippen molar-refractivity contribution in [2.24, 2.45) is 11.3 Å². The van der Waals surface area contributed by atoms with Crippen molar-refractivity contribution in [1.82, 2.24) is 10.2 Å². The number of imide groups is 1. The van der Waals surface area contributed by atoms with Crippen molar-refractivity contribution in [3.63, 3.8) is 0 Å². The average molecular weight is 433 g/mol. The lowest BCUT2D eigenvalue weighted by atomic mass is 9.64. The maximum absolute atomic E-state index is 13.7. The number of esters is 1. The fourth-order valence-electron chi connectivity index (χ4n) is 4.86. The van der Waals surface area contributed by atoms with Gasteiger partial charge in [0.05, 0.1) is 5.69 Å². The molecule has 1 aliphatic carbocycles. The molecular weight excluding hydrogens is 405 g/mol. The van der Waals surface area contributed by atoms with E-state index in [4.69, 9.17) is 4.74 Å². The van der Waals surface area contributed by atoms with Crippen molar-refractivity contribution >= 4 is 29.5 Å². The molecule has 1 aromatic carbocycles. The van der Waals surface area contributed by atoms with Crippen LogP contribution in [0.4, 0.5) is 14.9 Å². The molecule has 1 saturated carbocycles. The van der Waals surface area contributed by atoms with Crippen LogP contribution in [0.1, 0.15) is 47.0 Å². The molecule has 0 aromatic heterocycles. The number of urea groups is 1. The van der Waals surface area contributed by atoms with E-state index in [1.165, 1.54) is 25.1 Å². The first kappa shape index (κ1) is 22.7. The van der Waals surface area contributed by atoms with Crippen molar-refractivity contribution in [1.29, 1.82) is 0 Å². The number of carbonyl (C=O) groups is 4. The number of halogens is 1. The van der Waals surface area contributed by atoms with Gasteiger partial charge in [-0.25, -0.2) is 9.18 Å². The Morgan fingerprint density at radius 3 is 2.61 bits per heavy atom. The van der Waals surface area contributed by atoms with Gasteiger partial charge in [-0.15, -0.1) is 0 Å². The lowest BCUT2D eigenvalue weighted by Crippen LogP contribution is -2.54. The second-order valence-electron chi connectivity index (χ2n) is 9.36. The molecule has 3 atom stereocenters. The number of hydrogen-bond acceptors (Lipinski definition) is 5. The third-order valence-corrected chi connectivity index (χ3v) is 5.72. The third-order valence-electron chi connectivity index (χ3n) is 5.72. The zero-order chi connectivity index (χ0) is 23.0. The molecule has 4 amide bonds. The van der Waals surface area contributed by atoms with Gasteiger partial charge >= 0.3 is 12.0 Å². The number of nitrogens with zero attached hydrogens (tertiary/aromatic N) is 1. The van der Waals surface area contributed by atoms with Gasteiger partial charge in [0.15, 0.2) is 6.10 Å². The quantitative estimate of drug-likeness (QED) is 0.549. The highest BCUT2D eigenvalue weighted by atomic mass is 19.1. The minimum absolute atomic E-state index is 0.0412. The van der Waals surface area contributed by atoms with Crippen molar-refractivity contribution in [2.75, 3.05) is 11.9 Å².